The summed E-state index contributed by atoms with van der Waals surface area (Å²) in [6.45, 7) is 1.18. The molecule has 0 aromatic rings. The Morgan fingerprint density at radius 1 is 1.14 bits per heavy atom. The Kier molecular flexibility index (Phi) is 6.84. The van der Waals surface area contributed by atoms with Crippen molar-refractivity contribution < 1.29 is 42.5 Å². The molecule has 1 N–H and O–H groups in total. The Morgan fingerprint density at radius 2 is 1.75 bits per heavy atom. The first kappa shape index (κ1) is 21.7. The van der Waals surface area contributed by atoms with Crippen LogP contribution in [0.4, 0.5) is 8.78 Å². The van der Waals surface area contributed by atoms with Gasteiger partial charge in [0.05, 0.1) is 0 Å². The van der Waals surface area contributed by atoms with E-state index in [2.05, 4.69) is 21.0 Å². The molecule has 10 heteroatoms. The highest BCUT2D eigenvalue weighted by atomic mass is 32.2. The lowest BCUT2D eigenvalue weighted by Gasteiger charge is -2.60. The Hall–Kier alpha value is -0.970. The molecule has 7 nitrogen and oxygen atoms in total. The number of rotatable bonds is 10. The largest absolute Gasteiger partial charge is 0.456 e. The second-order valence-corrected chi connectivity index (χ2v) is 8.97. The summed E-state index contributed by atoms with van der Waals surface area (Å²) < 4.78 is 40.7. The Morgan fingerprint density at radius 3 is 2.29 bits per heavy atom. The van der Waals surface area contributed by atoms with E-state index in [1.54, 1.807) is 0 Å². The van der Waals surface area contributed by atoms with Crippen molar-refractivity contribution in [3.05, 3.63) is 0 Å². The van der Waals surface area contributed by atoms with E-state index in [0.717, 1.165) is 44.9 Å². The monoisotopic (exact) mass is 424 g/mol. The average Bonchev–Trinajstić information content (AvgIpc) is 2.65. The smallest absolute Gasteiger partial charge is 0.415 e. The van der Waals surface area contributed by atoms with Crippen LogP contribution in [0.25, 0.3) is 0 Å². The van der Waals surface area contributed by atoms with Gasteiger partial charge in [0.15, 0.2) is 6.61 Å². The molecule has 4 aliphatic carbocycles. The lowest BCUT2D eigenvalue weighted by molar-refractivity contribution is -0.433. The topological polar surface area (TPSA) is 91.3 Å². The zero-order valence-electron chi connectivity index (χ0n) is 15.7. The molecule has 4 bridgehead atoms. The number of hydrogen-bond acceptors (Lipinski definition) is 8. The van der Waals surface area contributed by atoms with Crippen molar-refractivity contribution in [3.8, 4) is 0 Å². The Balaban J connectivity index is 1.61. The van der Waals surface area contributed by atoms with Crippen LogP contribution >= 0.6 is 12.0 Å². The predicted octanol–water partition coefficient (Wildman–Crippen LogP) is 4.12. The van der Waals surface area contributed by atoms with E-state index < -0.39 is 41.4 Å². The predicted molar refractivity (Wildman–Crippen MR) is 93.7 cm³/mol. The molecule has 0 spiro atoms. The van der Waals surface area contributed by atoms with E-state index in [0.29, 0.717) is 23.7 Å². The fourth-order valence-electron chi connectivity index (χ4n) is 5.60. The minimum atomic E-state index is -4.13. The molecule has 0 saturated heterocycles. The number of hydrogen-bond donors (Lipinski definition) is 1. The van der Waals surface area contributed by atoms with Gasteiger partial charge >= 0.3 is 17.2 Å². The third-order valence-electron chi connectivity index (χ3n) is 6.47. The zero-order chi connectivity index (χ0) is 20.4. The van der Waals surface area contributed by atoms with Crippen LogP contribution in [0.5, 0.6) is 0 Å². The molecule has 4 fully saturated rings. The van der Waals surface area contributed by atoms with Crippen molar-refractivity contribution in [1.82, 2.24) is 0 Å². The van der Waals surface area contributed by atoms with Crippen molar-refractivity contribution in [2.45, 2.75) is 69.1 Å². The maximum Gasteiger partial charge on any atom is 0.415 e. The third kappa shape index (κ3) is 4.44. The van der Waals surface area contributed by atoms with Crippen LogP contribution in [0, 0.1) is 23.7 Å². The van der Waals surface area contributed by atoms with E-state index in [1.165, 1.54) is 6.42 Å². The number of esters is 2. The quantitative estimate of drug-likeness (QED) is 0.242. The van der Waals surface area contributed by atoms with E-state index in [1.807, 2.05) is 0 Å². The molecule has 0 radical (unpaired) electrons. The van der Waals surface area contributed by atoms with E-state index in [9.17, 15) is 18.4 Å². The van der Waals surface area contributed by atoms with Crippen molar-refractivity contribution in [2.24, 2.45) is 23.7 Å². The Labute approximate surface area is 166 Å². The SMILES string of the molecule is CCCCC1(OC(=O)COC(=O)C(F)(F)SOOO)C2CC3CC(C2)CC1C3. The summed E-state index contributed by atoms with van der Waals surface area (Å²) >= 11 is -0.729. The lowest BCUT2D eigenvalue weighted by Crippen LogP contribution is -2.60. The molecule has 160 valence electrons. The van der Waals surface area contributed by atoms with E-state index >= 15 is 0 Å². The first-order valence-electron chi connectivity index (χ1n) is 9.73. The molecule has 0 unspecified atom stereocenters. The van der Waals surface area contributed by atoms with Crippen LogP contribution < -0.4 is 0 Å². The first-order valence-corrected chi connectivity index (χ1v) is 10.5. The first-order chi connectivity index (χ1) is 13.3. The third-order valence-corrected chi connectivity index (χ3v) is 6.98. The lowest BCUT2D eigenvalue weighted by atomic mass is 9.49. The van der Waals surface area contributed by atoms with Gasteiger partial charge in [0.25, 0.3) is 0 Å². The summed E-state index contributed by atoms with van der Waals surface area (Å²) in [6, 6.07) is 0. The van der Waals surface area contributed by atoms with Crippen LogP contribution in [0.2, 0.25) is 0 Å². The summed E-state index contributed by atoms with van der Waals surface area (Å²) in [4.78, 5) is 23.8. The molecule has 4 aliphatic rings. The average molecular weight is 424 g/mol. The van der Waals surface area contributed by atoms with Gasteiger partial charge in [0.1, 0.15) is 17.6 Å². The van der Waals surface area contributed by atoms with Crippen LogP contribution in [-0.4, -0.2) is 34.7 Å². The molecular weight excluding hydrogens is 398 g/mol. The van der Waals surface area contributed by atoms with Gasteiger partial charge in [-0.15, -0.1) is 4.33 Å². The summed E-state index contributed by atoms with van der Waals surface area (Å²) in [6.07, 6.45) is 8.06. The molecule has 0 aliphatic heterocycles. The van der Waals surface area contributed by atoms with Gasteiger partial charge in [-0.2, -0.15) is 8.78 Å². The van der Waals surface area contributed by atoms with Crippen LogP contribution in [0.3, 0.4) is 0 Å². The fourth-order valence-corrected chi connectivity index (χ4v) is 5.85. The van der Waals surface area contributed by atoms with E-state index in [-0.39, 0.29) is 0 Å². The fraction of sp³-hybridized carbons (Fsp3) is 0.889. The number of alkyl halides is 2. The molecule has 0 heterocycles. The number of carbonyl (C=O) groups excluding carboxylic acids is 2. The Bertz CT molecular complexity index is 558. The maximum absolute atomic E-state index is 13.4. The highest BCUT2D eigenvalue weighted by Gasteiger charge is 2.59. The summed E-state index contributed by atoms with van der Waals surface area (Å²) in [5, 5.41) is 6.82. The number of ether oxygens (including phenoxy) is 2. The van der Waals surface area contributed by atoms with Crippen molar-refractivity contribution in [1.29, 1.82) is 0 Å². The van der Waals surface area contributed by atoms with Gasteiger partial charge in [-0.3, -0.25) is 0 Å². The molecule has 0 aromatic heterocycles. The van der Waals surface area contributed by atoms with Gasteiger partial charge < -0.3 is 9.47 Å². The highest BCUT2D eigenvalue weighted by Crippen LogP contribution is 2.61. The summed E-state index contributed by atoms with van der Waals surface area (Å²) in [7, 11) is 0. The minimum absolute atomic E-state index is 0.294. The second-order valence-electron chi connectivity index (χ2n) is 8.16. The molecule has 0 amide bonds. The van der Waals surface area contributed by atoms with E-state index in [4.69, 9.17) is 9.99 Å². The number of unbranched alkanes of at least 4 members (excludes halogenated alkanes) is 1. The normalized spacial score (nSPS) is 33.7. The van der Waals surface area contributed by atoms with Gasteiger partial charge in [0.2, 0.25) is 0 Å². The van der Waals surface area contributed by atoms with Crippen molar-refractivity contribution in [3.63, 3.8) is 0 Å². The van der Waals surface area contributed by atoms with Crippen molar-refractivity contribution in [2.75, 3.05) is 6.61 Å². The number of halogens is 2. The maximum atomic E-state index is 13.4. The molecule has 4 rings (SSSR count). The summed E-state index contributed by atoms with van der Waals surface area (Å²) in [5.74, 6) is -0.808. The van der Waals surface area contributed by atoms with Gasteiger partial charge in [-0.1, -0.05) is 18.4 Å². The standard InChI is InChI=1S/C18H26F2O7S/c1-2-3-4-17(13-6-11-5-12(8-13)9-14(17)7-11)25-15(21)10-24-16(22)18(19,20)28-27-26-23/h11-14,23H,2-10H2,1H3. The van der Waals surface area contributed by atoms with Crippen LogP contribution in [0.1, 0.15) is 58.3 Å². The molecular formula is C18H26F2O7S. The molecule has 28 heavy (non-hydrogen) atoms. The van der Waals surface area contributed by atoms with Gasteiger partial charge in [-0.25, -0.2) is 14.8 Å². The molecule has 4 saturated carbocycles. The highest BCUT2D eigenvalue weighted by molar-refractivity contribution is 7.96. The second kappa shape index (κ2) is 8.81. The molecule has 0 aromatic carbocycles. The minimum Gasteiger partial charge on any atom is -0.456 e. The summed E-state index contributed by atoms with van der Waals surface area (Å²) in [5.41, 5.74) is -0.571. The van der Waals surface area contributed by atoms with Crippen LogP contribution in [-0.2, 0) is 28.4 Å². The zero-order valence-corrected chi connectivity index (χ0v) is 16.6. The van der Waals surface area contributed by atoms with Crippen LogP contribution in [0.15, 0.2) is 0 Å². The molecule has 0 atom stereocenters. The number of carbonyl (C=O) groups is 2. The van der Waals surface area contributed by atoms with Gasteiger partial charge in [-0.05, 0) is 68.6 Å². The van der Waals surface area contributed by atoms with Gasteiger partial charge in [0, 0.05) is 0 Å². The van der Waals surface area contributed by atoms with Crippen molar-refractivity contribution >= 4 is 24.0 Å².